The Morgan fingerprint density at radius 3 is 2.94 bits per heavy atom. The van der Waals surface area contributed by atoms with Crippen LogP contribution in [0.2, 0.25) is 0 Å². The summed E-state index contributed by atoms with van der Waals surface area (Å²) in [5.41, 5.74) is 1.69. The number of hydrogen-bond donors (Lipinski definition) is 1. The number of carbonyl (C=O) groups is 2. The van der Waals surface area contributed by atoms with Crippen molar-refractivity contribution in [3.63, 3.8) is 0 Å². The van der Waals surface area contributed by atoms with E-state index < -0.39 is 6.04 Å². The molecule has 1 aliphatic heterocycles. The minimum absolute atomic E-state index is 0.115. The summed E-state index contributed by atoms with van der Waals surface area (Å²) in [5, 5.41) is 6.78. The molecule has 3 heterocycles. The molecular formula is C23H28N4O4. The van der Waals surface area contributed by atoms with Crippen molar-refractivity contribution in [3.05, 3.63) is 71.8 Å². The minimum atomic E-state index is -0.453. The van der Waals surface area contributed by atoms with Crippen LogP contribution in [0.25, 0.3) is 0 Å². The maximum atomic E-state index is 12.8. The highest BCUT2D eigenvalue weighted by Gasteiger charge is 2.34. The van der Waals surface area contributed by atoms with Crippen molar-refractivity contribution in [1.29, 1.82) is 0 Å². The van der Waals surface area contributed by atoms with Crippen LogP contribution in [0.4, 0.5) is 0 Å². The van der Waals surface area contributed by atoms with Gasteiger partial charge < -0.3 is 19.2 Å². The quantitative estimate of drug-likeness (QED) is 0.621. The van der Waals surface area contributed by atoms with E-state index >= 15 is 0 Å². The maximum Gasteiger partial charge on any atom is 0.243 e. The van der Waals surface area contributed by atoms with Gasteiger partial charge in [-0.15, -0.1) is 0 Å². The van der Waals surface area contributed by atoms with Crippen molar-refractivity contribution >= 4 is 11.8 Å². The number of aryl methyl sites for hydroxylation is 1. The van der Waals surface area contributed by atoms with Gasteiger partial charge in [-0.05, 0) is 32.3 Å². The van der Waals surface area contributed by atoms with Gasteiger partial charge in [-0.3, -0.25) is 9.59 Å². The average molecular weight is 425 g/mol. The summed E-state index contributed by atoms with van der Waals surface area (Å²) in [6.07, 6.45) is 15.0. The molecule has 0 bridgehead atoms. The third-order valence-electron chi connectivity index (χ3n) is 4.97. The molecule has 2 aromatic heterocycles. The standard InChI is InChI=1S/C23H28N4O4/c1-3-7-18(8-4-5-9-19-15-24-16-30-19)14-25-23(29)21-10-6-11-27(21)22(28)13-20-12-17(2)26-31-20/h3-5,7-8,12,15-16,21H,6,9-11,13-14H2,1-2H3,(H,25,29)/b5-4+,7-3-,18-8+. The molecule has 1 fully saturated rings. The largest absolute Gasteiger partial charge is 0.448 e. The first-order valence-electron chi connectivity index (χ1n) is 10.4. The lowest BCUT2D eigenvalue weighted by atomic mass is 10.1. The smallest absolute Gasteiger partial charge is 0.243 e. The molecule has 8 nitrogen and oxygen atoms in total. The van der Waals surface area contributed by atoms with E-state index in [1.54, 1.807) is 17.2 Å². The second kappa shape index (κ2) is 11.1. The number of likely N-dealkylation sites (tertiary alicyclic amines) is 1. The third-order valence-corrected chi connectivity index (χ3v) is 4.97. The van der Waals surface area contributed by atoms with Crippen LogP contribution in [0.15, 0.2) is 63.6 Å². The fraction of sp³-hybridized carbons (Fsp3) is 0.391. The second-order valence-electron chi connectivity index (χ2n) is 7.42. The van der Waals surface area contributed by atoms with Gasteiger partial charge in [0, 0.05) is 25.6 Å². The topological polar surface area (TPSA) is 101 Å². The summed E-state index contributed by atoms with van der Waals surface area (Å²) in [7, 11) is 0. The van der Waals surface area contributed by atoms with Crippen molar-refractivity contribution in [3.8, 4) is 0 Å². The Morgan fingerprint density at radius 1 is 1.35 bits per heavy atom. The molecule has 1 saturated heterocycles. The lowest BCUT2D eigenvalue weighted by molar-refractivity contribution is -0.138. The molecule has 164 valence electrons. The zero-order valence-corrected chi connectivity index (χ0v) is 17.9. The summed E-state index contributed by atoms with van der Waals surface area (Å²) in [6, 6.07) is 1.29. The first kappa shape index (κ1) is 22.3. The van der Waals surface area contributed by atoms with Crippen molar-refractivity contribution in [2.45, 2.75) is 45.6 Å². The van der Waals surface area contributed by atoms with Crippen LogP contribution in [-0.4, -0.2) is 46.0 Å². The van der Waals surface area contributed by atoms with E-state index in [4.69, 9.17) is 8.94 Å². The highest BCUT2D eigenvalue weighted by atomic mass is 16.5. The molecule has 1 aliphatic rings. The van der Waals surface area contributed by atoms with E-state index in [0.29, 0.717) is 31.7 Å². The molecule has 0 aromatic carbocycles. The molecule has 8 heteroatoms. The minimum Gasteiger partial charge on any atom is -0.448 e. The molecular weight excluding hydrogens is 396 g/mol. The Bertz CT molecular complexity index is 956. The Morgan fingerprint density at radius 2 is 2.23 bits per heavy atom. The Kier molecular flexibility index (Phi) is 7.98. The van der Waals surface area contributed by atoms with Crippen LogP contribution in [0, 0.1) is 6.92 Å². The van der Waals surface area contributed by atoms with Crippen molar-refractivity contribution in [1.82, 2.24) is 20.4 Å². The molecule has 1 N–H and O–H groups in total. The SMILES string of the molecule is C\C=C/C(=C\C=C\Cc1cnco1)CNC(=O)C1CCCN1C(=O)Cc1cc(C)no1. The molecule has 2 amide bonds. The van der Waals surface area contributed by atoms with E-state index in [0.717, 1.165) is 23.4 Å². The number of nitrogens with zero attached hydrogens (tertiary/aromatic N) is 3. The fourth-order valence-corrected chi connectivity index (χ4v) is 3.50. The number of nitrogens with one attached hydrogen (secondary N) is 1. The number of rotatable bonds is 9. The van der Waals surface area contributed by atoms with Crippen molar-refractivity contribution in [2.75, 3.05) is 13.1 Å². The van der Waals surface area contributed by atoms with E-state index in [1.165, 1.54) is 6.39 Å². The second-order valence-corrected chi connectivity index (χ2v) is 7.42. The predicted molar refractivity (Wildman–Crippen MR) is 115 cm³/mol. The van der Waals surface area contributed by atoms with E-state index in [-0.39, 0.29) is 18.2 Å². The molecule has 2 aromatic rings. The van der Waals surface area contributed by atoms with Crippen LogP contribution < -0.4 is 5.32 Å². The monoisotopic (exact) mass is 424 g/mol. The number of allylic oxidation sites excluding steroid dienone is 4. The third kappa shape index (κ3) is 6.53. The zero-order chi connectivity index (χ0) is 22.1. The Hall–Kier alpha value is -3.42. The van der Waals surface area contributed by atoms with Crippen LogP contribution in [0.3, 0.4) is 0 Å². The summed E-state index contributed by atoms with van der Waals surface area (Å²) in [4.78, 5) is 31.0. The van der Waals surface area contributed by atoms with Gasteiger partial charge in [-0.2, -0.15) is 0 Å². The maximum absolute atomic E-state index is 12.8. The first-order valence-corrected chi connectivity index (χ1v) is 10.4. The predicted octanol–water partition coefficient (Wildman–Crippen LogP) is 2.92. The van der Waals surface area contributed by atoms with Crippen LogP contribution >= 0.6 is 0 Å². The van der Waals surface area contributed by atoms with Gasteiger partial charge in [0.25, 0.3) is 0 Å². The molecule has 0 saturated carbocycles. The number of amides is 2. The van der Waals surface area contributed by atoms with Gasteiger partial charge in [0.15, 0.2) is 6.39 Å². The lowest BCUT2D eigenvalue weighted by Crippen LogP contribution is -2.46. The van der Waals surface area contributed by atoms with Crippen LogP contribution in [0.5, 0.6) is 0 Å². The molecule has 0 radical (unpaired) electrons. The fourth-order valence-electron chi connectivity index (χ4n) is 3.50. The summed E-state index contributed by atoms with van der Waals surface area (Å²) in [6.45, 7) is 4.70. The van der Waals surface area contributed by atoms with Gasteiger partial charge in [-0.1, -0.05) is 35.5 Å². The van der Waals surface area contributed by atoms with Gasteiger partial charge in [0.05, 0.1) is 18.3 Å². The summed E-state index contributed by atoms with van der Waals surface area (Å²) in [5.74, 6) is 1.05. The summed E-state index contributed by atoms with van der Waals surface area (Å²) < 4.78 is 10.3. The van der Waals surface area contributed by atoms with Crippen molar-refractivity contribution < 1.29 is 18.5 Å². The molecule has 31 heavy (non-hydrogen) atoms. The molecule has 1 atom stereocenters. The highest BCUT2D eigenvalue weighted by Crippen LogP contribution is 2.19. The number of carbonyl (C=O) groups excluding carboxylic acids is 2. The van der Waals surface area contributed by atoms with Gasteiger partial charge in [0.2, 0.25) is 11.8 Å². The lowest BCUT2D eigenvalue weighted by Gasteiger charge is -2.23. The number of hydrogen-bond acceptors (Lipinski definition) is 6. The molecule has 3 rings (SSSR count). The Balaban J connectivity index is 1.53. The Labute approximate surface area is 181 Å². The molecule has 0 spiro atoms. The number of oxazole rings is 1. The van der Waals surface area contributed by atoms with Crippen molar-refractivity contribution in [2.24, 2.45) is 0 Å². The number of aromatic nitrogens is 2. The average Bonchev–Trinajstić information content (AvgIpc) is 3.51. The van der Waals surface area contributed by atoms with E-state index in [1.807, 2.05) is 44.2 Å². The van der Waals surface area contributed by atoms with E-state index in [2.05, 4.69) is 15.5 Å². The van der Waals surface area contributed by atoms with Gasteiger partial charge in [-0.25, -0.2) is 4.98 Å². The highest BCUT2D eigenvalue weighted by molar-refractivity contribution is 5.89. The van der Waals surface area contributed by atoms with E-state index in [9.17, 15) is 9.59 Å². The van der Waals surface area contributed by atoms with Crippen LogP contribution in [-0.2, 0) is 22.4 Å². The molecule has 1 unspecified atom stereocenters. The van der Waals surface area contributed by atoms with Crippen LogP contribution in [0.1, 0.15) is 37.0 Å². The molecule has 0 aliphatic carbocycles. The zero-order valence-electron chi connectivity index (χ0n) is 17.9. The van der Waals surface area contributed by atoms with Gasteiger partial charge >= 0.3 is 0 Å². The van der Waals surface area contributed by atoms with Gasteiger partial charge in [0.1, 0.15) is 17.6 Å². The normalized spacial score (nSPS) is 17.2. The first-order chi connectivity index (χ1) is 15.1. The summed E-state index contributed by atoms with van der Waals surface area (Å²) >= 11 is 0.